The van der Waals surface area contributed by atoms with Crippen molar-refractivity contribution >= 4 is 46.1 Å². The van der Waals surface area contributed by atoms with E-state index in [1.54, 1.807) is 6.92 Å². The van der Waals surface area contributed by atoms with Crippen LogP contribution in [0.2, 0.25) is 0 Å². The molecular formula is C15H20FN5O3S. The summed E-state index contributed by atoms with van der Waals surface area (Å²) in [6.07, 6.45) is 0.168. The number of carbonyl (C=O) groups excluding carboxylic acids is 2. The van der Waals surface area contributed by atoms with Crippen LogP contribution in [0.3, 0.4) is 0 Å². The van der Waals surface area contributed by atoms with Gasteiger partial charge in [-0.2, -0.15) is 0 Å². The molecule has 1 unspecified atom stereocenters. The summed E-state index contributed by atoms with van der Waals surface area (Å²) in [5, 5.41) is 12.8. The maximum Gasteiger partial charge on any atom is 0.250 e. The van der Waals surface area contributed by atoms with Crippen molar-refractivity contribution in [1.82, 2.24) is 0 Å². The lowest BCUT2D eigenvalue weighted by Gasteiger charge is -2.19. The number of primary amides is 2. The Labute approximate surface area is 149 Å². The summed E-state index contributed by atoms with van der Waals surface area (Å²) in [4.78, 5) is 23.2. The molecule has 136 valence electrons. The van der Waals surface area contributed by atoms with Gasteiger partial charge in [0.25, 0.3) is 5.91 Å². The van der Waals surface area contributed by atoms with Gasteiger partial charge >= 0.3 is 0 Å². The maximum absolute atomic E-state index is 14.2. The highest BCUT2D eigenvalue weighted by atomic mass is 32.1. The minimum absolute atomic E-state index is 0.0689. The summed E-state index contributed by atoms with van der Waals surface area (Å²) in [6, 6.07) is 1.22. The van der Waals surface area contributed by atoms with E-state index in [2.05, 4.69) is 10.6 Å². The molecule has 10 heteroatoms. The van der Waals surface area contributed by atoms with Gasteiger partial charge in [0.15, 0.2) is 0 Å². The van der Waals surface area contributed by atoms with Gasteiger partial charge in [-0.15, -0.1) is 0 Å². The lowest BCUT2D eigenvalue weighted by molar-refractivity contribution is -0.119. The minimum Gasteiger partial charge on any atom is -0.382 e. The molecule has 1 atom stereocenters. The van der Waals surface area contributed by atoms with E-state index in [0.29, 0.717) is 5.71 Å². The molecule has 0 bridgehead atoms. The quantitative estimate of drug-likeness (QED) is 0.325. The molecular weight excluding hydrogens is 349 g/mol. The molecule has 0 aliphatic carbocycles. The Morgan fingerprint density at radius 1 is 1.36 bits per heavy atom. The number of carbonyl (C=O) groups is 2. The third-order valence-electron chi connectivity index (χ3n) is 3.08. The van der Waals surface area contributed by atoms with Gasteiger partial charge in [0, 0.05) is 19.2 Å². The SMILES string of the molecule is COCC(Nc1cc(NC(=S)CC(C)=N)c(C(N)=O)cc1F)C(N)=O. The van der Waals surface area contributed by atoms with Crippen LogP contribution in [0.5, 0.6) is 0 Å². The molecule has 0 saturated carbocycles. The van der Waals surface area contributed by atoms with Crippen molar-refractivity contribution in [2.75, 3.05) is 24.4 Å². The molecule has 0 fully saturated rings. The second-order valence-electron chi connectivity index (χ2n) is 5.30. The molecule has 0 aliphatic rings. The van der Waals surface area contributed by atoms with Gasteiger partial charge in [-0.05, 0) is 19.1 Å². The Morgan fingerprint density at radius 3 is 2.48 bits per heavy atom. The van der Waals surface area contributed by atoms with E-state index in [0.717, 1.165) is 6.07 Å². The minimum atomic E-state index is -0.970. The Hall–Kier alpha value is -2.59. The lowest BCUT2D eigenvalue weighted by atomic mass is 10.1. The molecule has 0 spiro atoms. The summed E-state index contributed by atoms with van der Waals surface area (Å²) >= 11 is 5.09. The van der Waals surface area contributed by atoms with E-state index in [1.807, 2.05) is 0 Å². The monoisotopic (exact) mass is 369 g/mol. The number of hydrogen-bond donors (Lipinski definition) is 5. The third-order valence-corrected chi connectivity index (χ3v) is 3.33. The van der Waals surface area contributed by atoms with Gasteiger partial charge in [-0.3, -0.25) is 9.59 Å². The second kappa shape index (κ2) is 9.04. The Balaban J connectivity index is 3.21. The average molecular weight is 369 g/mol. The standard InChI is InChI=1S/C15H20FN5O3S/c1-7(17)3-13(25)21-10-5-11(9(16)4-8(10)14(18)22)20-12(6-24-2)15(19)23/h4-5,12,17,20H,3,6H2,1-2H3,(H2,18,22)(H2,19,23)(H,21,25). The van der Waals surface area contributed by atoms with E-state index < -0.39 is 23.7 Å². The van der Waals surface area contributed by atoms with Crippen molar-refractivity contribution in [2.24, 2.45) is 11.5 Å². The number of halogens is 1. The fraction of sp³-hybridized carbons (Fsp3) is 0.333. The first-order chi connectivity index (χ1) is 11.6. The van der Waals surface area contributed by atoms with Gasteiger partial charge in [-0.25, -0.2) is 4.39 Å². The number of anilines is 2. The molecule has 25 heavy (non-hydrogen) atoms. The number of rotatable bonds is 9. The molecule has 0 heterocycles. The van der Waals surface area contributed by atoms with Gasteiger partial charge in [-0.1, -0.05) is 12.2 Å². The zero-order chi connectivity index (χ0) is 19.1. The highest BCUT2D eigenvalue weighted by Crippen LogP contribution is 2.25. The summed E-state index contributed by atoms with van der Waals surface area (Å²) in [6.45, 7) is 1.50. The summed E-state index contributed by atoms with van der Waals surface area (Å²) in [5.74, 6) is -2.38. The predicted molar refractivity (Wildman–Crippen MR) is 97.6 cm³/mol. The van der Waals surface area contributed by atoms with Crippen molar-refractivity contribution in [1.29, 1.82) is 5.41 Å². The summed E-state index contributed by atoms with van der Waals surface area (Å²) in [5.41, 5.74) is 10.8. The van der Waals surface area contributed by atoms with Crippen LogP contribution in [-0.2, 0) is 9.53 Å². The second-order valence-corrected chi connectivity index (χ2v) is 5.79. The number of ether oxygens (including phenoxy) is 1. The van der Waals surface area contributed by atoms with Crippen molar-refractivity contribution in [3.8, 4) is 0 Å². The van der Waals surface area contributed by atoms with Crippen LogP contribution in [-0.4, -0.2) is 42.3 Å². The molecule has 1 rings (SSSR count). The van der Waals surface area contributed by atoms with E-state index in [4.69, 9.17) is 33.8 Å². The molecule has 2 amide bonds. The number of amides is 2. The summed E-state index contributed by atoms with van der Waals surface area (Å²) < 4.78 is 19.1. The van der Waals surface area contributed by atoms with E-state index in [1.165, 1.54) is 13.2 Å². The van der Waals surface area contributed by atoms with Crippen molar-refractivity contribution in [3.63, 3.8) is 0 Å². The highest BCUT2D eigenvalue weighted by Gasteiger charge is 2.20. The molecule has 1 aromatic carbocycles. The normalized spacial score (nSPS) is 11.5. The lowest BCUT2D eigenvalue weighted by Crippen LogP contribution is -2.39. The maximum atomic E-state index is 14.2. The smallest absolute Gasteiger partial charge is 0.250 e. The zero-order valence-electron chi connectivity index (χ0n) is 13.8. The number of thiocarbonyl (C=S) groups is 1. The Morgan fingerprint density at radius 2 is 2.00 bits per heavy atom. The van der Waals surface area contributed by atoms with Crippen LogP contribution >= 0.6 is 12.2 Å². The Kier molecular flexibility index (Phi) is 7.40. The van der Waals surface area contributed by atoms with Crippen molar-refractivity contribution in [3.05, 3.63) is 23.5 Å². The zero-order valence-corrected chi connectivity index (χ0v) is 14.6. The van der Waals surface area contributed by atoms with Crippen LogP contribution in [0.4, 0.5) is 15.8 Å². The van der Waals surface area contributed by atoms with Gasteiger partial charge in [0.1, 0.15) is 11.9 Å². The van der Waals surface area contributed by atoms with Crippen LogP contribution in [0.1, 0.15) is 23.7 Å². The first kappa shape index (κ1) is 20.5. The van der Waals surface area contributed by atoms with E-state index in [-0.39, 0.29) is 35.0 Å². The molecule has 0 aliphatic heterocycles. The van der Waals surface area contributed by atoms with Gasteiger partial charge in [0.2, 0.25) is 5.91 Å². The fourth-order valence-corrected chi connectivity index (χ4v) is 2.30. The number of benzene rings is 1. The molecule has 7 N–H and O–H groups in total. The van der Waals surface area contributed by atoms with Crippen LogP contribution < -0.4 is 22.1 Å². The molecule has 1 aromatic rings. The van der Waals surface area contributed by atoms with E-state index in [9.17, 15) is 14.0 Å². The van der Waals surface area contributed by atoms with Crippen LogP contribution in [0.25, 0.3) is 0 Å². The van der Waals surface area contributed by atoms with Crippen LogP contribution in [0.15, 0.2) is 12.1 Å². The number of nitrogens with two attached hydrogens (primary N) is 2. The molecule has 8 nitrogen and oxygen atoms in total. The summed E-state index contributed by atoms with van der Waals surface area (Å²) in [7, 11) is 1.37. The average Bonchev–Trinajstić information content (AvgIpc) is 2.48. The van der Waals surface area contributed by atoms with Crippen LogP contribution in [0, 0.1) is 11.2 Å². The largest absolute Gasteiger partial charge is 0.382 e. The highest BCUT2D eigenvalue weighted by molar-refractivity contribution is 7.80. The number of nitrogens with one attached hydrogen (secondary N) is 3. The molecule has 0 radical (unpaired) electrons. The predicted octanol–water partition coefficient (Wildman–Crippen LogP) is 1.01. The first-order valence-corrected chi connectivity index (χ1v) is 7.58. The van der Waals surface area contributed by atoms with Gasteiger partial charge in [0.05, 0.1) is 28.5 Å². The van der Waals surface area contributed by atoms with E-state index >= 15 is 0 Å². The number of methoxy groups -OCH3 is 1. The number of hydrogen-bond acceptors (Lipinski definition) is 6. The molecule has 0 aromatic heterocycles. The van der Waals surface area contributed by atoms with Crippen molar-refractivity contribution in [2.45, 2.75) is 19.4 Å². The topological polar surface area (TPSA) is 143 Å². The Bertz CT molecular complexity index is 711. The first-order valence-electron chi connectivity index (χ1n) is 7.17. The fourth-order valence-electron chi connectivity index (χ4n) is 1.98. The third kappa shape index (κ3) is 6.08. The van der Waals surface area contributed by atoms with Gasteiger partial charge < -0.3 is 32.2 Å². The molecule has 0 saturated heterocycles. The van der Waals surface area contributed by atoms with Crippen molar-refractivity contribution < 1.29 is 18.7 Å².